The fourth-order valence-electron chi connectivity index (χ4n) is 1.99. The van der Waals surface area contributed by atoms with Gasteiger partial charge in [-0.05, 0) is 17.7 Å². The van der Waals surface area contributed by atoms with Crippen LogP contribution in [0.3, 0.4) is 0 Å². The summed E-state index contributed by atoms with van der Waals surface area (Å²) in [4.78, 5) is 17.3. The molecule has 1 heterocycles. The Kier molecular flexibility index (Phi) is 6.53. The zero-order valence-electron chi connectivity index (χ0n) is 13.1. The summed E-state index contributed by atoms with van der Waals surface area (Å²) in [6.07, 6.45) is 2.45. The lowest BCUT2D eigenvalue weighted by molar-refractivity contribution is 0.0188. The van der Waals surface area contributed by atoms with Gasteiger partial charge in [0.05, 0.1) is 37.7 Å². The second kappa shape index (κ2) is 8.87. The lowest BCUT2D eigenvalue weighted by Gasteiger charge is -2.21. The Morgan fingerprint density at radius 1 is 1.30 bits per heavy atom. The van der Waals surface area contributed by atoms with Gasteiger partial charge in [-0.25, -0.2) is 4.79 Å². The highest BCUT2D eigenvalue weighted by atomic mass is 16.5. The maximum atomic E-state index is 12.0. The first-order valence-electron chi connectivity index (χ1n) is 7.37. The van der Waals surface area contributed by atoms with E-state index in [9.17, 15) is 9.90 Å². The van der Waals surface area contributed by atoms with Gasteiger partial charge >= 0.3 is 6.03 Å². The molecule has 1 atom stereocenters. The molecule has 2 amide bonds. The Bertz CT molecular complexity index is 593. The van der Waals surface area contributed by atoms with Crippen molar-refractivity contribution in [2.45, 2.75) is 12.7 Å². The van der Waals surface area contributed by atoms with Crippen LogP contribution in [-0.4, -0.2) is 47.3 Å². The molecule has 0 bridgehead atoms. The average Bonchev–Trinajstić information content (AvgIpc) is 2.56. The first kappa shape index (κ1) is 16.9. The van der Waals surface area contributed by atoms with Crippen molar-refractivity contribution in [2.75, 3.05) is 25.5 Å². The molecule has 0 fully saturated rings. The van der Waals surface area contributed by atoms with E-state index in [-0.39, 0.29) is 19.2 Å². The molecule has 0 saturated carbocycles. The number of rotatable bonds is 7. The molecular formula is C17H21N3O3. The third-order valence-electron chi connectivity index (χ3n) is 3.17. The molecule has 2 rings (SSSR count). The Balaban J connectivity index is 1.69. The Morgan fingerprint density at radius 2 is 2.09 bits per heavy atom. The monoisotopic (exact) mass is 315 g/mol. The van der Waals surface area contributed by atoms with Crippen molar-refractivity contribution in [3.8, 4) is 0 Å². The maximum Gasteiger partial charge on any atom is 0.321 e. The van der Waals surface area contributed by atoms with Gasteiger partial charge < -0.3 is 20.1 Å². The van der Waals surface area contributed by atoms with Crippen molar-refractivity contribution in [3.63, 3.8) is 0 Å². The molecule has 122 valence electrons. The highest BCUT2D eigenvalue weighted by molar-refractivity contribution is 5.88. The summed E-state index contributed by atoms with van der Waals surface area (Å²) in [6, 6.07) is 12.9. The fourth-order valence-corrected chi connectivity index (χ4v) is 1.99. The minimum Gasteiger partial charge on any atom is -0.389 e. The standard InChI is InChI=1S/C17H21N3O3/c1-20(17(22)19-15-8-5-9-18-10-15)11-16(21)13-23-12-14-6-3-2-4-7-14/h2-10,16,21H,11-13H2,1H3,(H,19,22)/t16-/m1/s1. The minimum atomic E-state index is -0.747. The molecule has 23 heavy (non-hydrogen) atoms. The Labute approximate surface area is 135 Å². The number of aliphatic hydroxyl groups is 1. The topological polar surface area (TPSA) is 74.7 Å². The van der Waals surface area contributed by atoms with Gasteiger partial charge in [0.1, 0.15) is 0 Å². The number of ether oxygens (including phenoxy) is 1. The van der Waals surface area contributed by atoms with Crippen LogP contribution in [-0.2, 0) is 11.3 Å². The number of nitrogens with zero attached hydrogens (tertiary/aromatic N) is 2. The second-order valence-electron chi connectivity index (χ2n) is 5.21. The van der Waals surface area contributed by atoms with E-state index in [1.165, 1.54) is 4.90 Å². The zero-order chi connectivity index (χ0) is 16.5. The highest BCUT2D eigenvalue weighted by Crippen LogP contribution is 2.05. The molecule has 0 aliphatic rings. The molecule has 0 radical (unpaired) electrons. The molecule has 1 aromatic carbocycles. The fraction of sp³-hybridized carbons (Fsp3) is 0.294. The Morgan fingerprint density at radius 3 is 2.78 bits per heavy atom. The number of carbonyl (C=O) groups excluding carboxylic acids is 1. The number of hydrogen-bond acceptors (Lipinski definition) is 4. The van der Waals surface area contributed by atoms with Crippen LogP contribution in [0.15, 0.2) is 54.9 Å². The predicted molar refractivity (Wildman–Crippen MR) is 88.0 cm³/mol. The van der Waals surface area contributed by atoms with E-state index in [1.807, 2.05) is 30.3 Å². The van der Waals surface area contributed by atoms with E-state index >= 15 is 0 Å². The number of carbonyl (C=O) groups is 1. The van der Waals surface area contributed by atoms with Crippen LogP contribution in [0.4, 0.5) is 10.5 Å². The first-order valence-corrected chi connectivity index (χ1v) is 7.37. The molecule has 2 N–H and O–H groups in total. The lowest BCUT2D eigenvalue weighted by Crippen LogP contribution is -2.38. The molecule has 0 saturated heterocycles. The van der Waals surface area contributed by atoms with Crippen LogP contribution in [0.25, 0.3) is 0 Å². The smallest absolute Gasteiger partial charge is 0.321 e. The summed E-state index contributed by atoms with van der Waals surface area (Å²) in [5, 5.41) is 12.7. The number of benzene rings is 1. The summed E-state index contributed by atoms with van der Waals surface area (Å²) >= 11 is 0. The molecule has 6 nitrogen and oxygen atoms in total. The van der Waals surface area contributed by atoms with Crippen LogP contribution >= 0.6 is 0 Å². The molecule has 0 unspecified atom stereocenters. The van der Waals surface area contributed by atoms with Gasteiger partial charge in [-0.15, -0.1) is 0 Å². The van der Waals surface area contributed by atoms with Crippen LogP contribution < -0.4 is 5.32 Å². The van der Waals surface area contributed by atoms with E-state index in [0.717, 1.165) is 5.56 Å². The summed E-state index contributed by atoms with van der Waals surface area (Å²) in [7, 11) is 1.62. The van der Waals surface area contributed by atoms with Gasteiger partial charge in [-0.2, -0.15) is 0 Å². The van der Waals surface area contributed by atoms with Crippen molar-refractivity contribution >= 4 is 11.7 Å². The minimum absolute atomic E-state index is 0.166. The number of aromatic nitrogens is 1. The number of aliphatic hydroxyl groups excluding tert-OH is 1. The summed E-state index contributed by atoms with van der Waals surface area (Å²) in [5.74, 6) is 0. The summed E-state index contributed by atoms with van der Waals surface area (Å²) < 4.78 is 5.46. The van der Waals surface area contributed by atoms with Crippen LogP contribution in [0.1, 0.15) is 5.56 Å². The molecule has 0 spiro atoms. The van der Waals surface area contributed by atoms with Gasteiger partial charge in [0.25, 0.3) is 0 Å². The van der Waals surface area contributed by atoms with Crippen LogP contribution in [0.2, 0.25) is 0 Å². The van der Waals surface area contributed by atoms with Crippen molar-refractivity contribution in [1.82, 2.24) is 9.88 Å². The van der Waals surface area contributed by atoms with Gasteiger partial charge in [0.15, 0.2) is 0 Å². The van der Waals surface area contributed by atoms with Gasteiger partial charge in [0, 0.05) is 13.2 Å². The second-order valence-corrected chi connectivity index (χ2v) is 5.21. The Hall–Kier alpha value is -2.44. The molecule has 2 aromatic rings. The largest absolute Gasteiger partial charge is 0.389 e. The maximum absolute atomic E-state index is 12.0. The van der Waals surface area contributed by atoms with Crippen molar-refractivity contribution < 1.29 is 14.6 Å². The van der Waals surface area contributed by atoms with E-state index < -0.39 is 6.10 Å². The zero-order valence-corrected chi connectivity index (χ0v) is 13.1. The molecule has 0 aliphatic carbocycles. The van der Waals surface area contributed by atoms with E-state index in [2.05, 4.69) is 10.3 Å². The number of anilines is 1. The van der Waals surface area contributed by atoms with Crippen molar-refractivity contribution in [2.24, 2.45) is 0 Å². The lowest BCUT2D eigenvalue weighted by atomic mass is 10.2. The molecule has 0 aliphatic heterocycles. The van der Waals surface area contributed by atoms with Gasteiger partial charge in [-0.1, -0.05) is 30.3 Å². The molecule has 6 heteroatoms. The summed E-state index contributed by atoms with van der Waals surface area (Å²) in [5.41, 5.74) is 1.65. The third kappa shape index (κ3) is 6.06. The van der Waals surface area contributed by atoms with Crippen LogP contribution in [0, 0.1) is 0 Å². The first-order chi connectivity index (χ1) is 11.1. The number of amides is 2. The van der Waals surface area contributed by atoms with Crippen LogP contribution in [0.5, 0.6) is 0 Å². The summed E-state index contributed by atoms with van der Waals surface area (Å²) in [6.45, 7) is 0.782. The van der Waals surface area contributed by atoms with E-state index in [0.29, 0.717) is 12.3 Å². The van der Waals surface area contributed by atoms with E-state index in [1.54, 1.807) is 31.6 Å². The van der Waals surface area contributed by atoms with Crippen molar-refractivity contribution in [1.29, 1.82) is 0 Å². The molecular weight excluding hydrogens is 294 g/mol. The number of urea groups is 1. The number of likely N-dealkylation sites (N-methyl/N-ethyl adjacent to an activating group) is 1. The average molecular weight is 315 g/mol. The van der Waals surface area contributed by atoms with Crippen molar-refractivity contribution in [3.05, 3.63) is 60.4 Å². The van der Waals surface area contributed by atoms with E-state index in [4.69, 9.17) is 4.74 Å². The SMILES string of the molecule is CN(C[C@@H](O)COCc1ccccc1)C(=O)Nc1cccnc1. The third-order valence-corrected chi connectivity index (χ3v) is 3.17. The van der Waals surface area contributed by atoms with Gasteiger partial charge in [-0.3, -0.25) is 4.98 Å². The molecule has 1 aromatic heterocycles. The number of nitrogens with one attached hydrogen (secondary N) is 1. The number of hydrogen-bond donors (Lipinski definition) is 2. The number of pyridine rings is 1. The quantitative estimate of drug-likeness (QED) is 0.821. The van der Waals surface area contributed by atoms with Gasteiger partial charge in [0.2, 0.25) is 0 Å². The predicted octanol–water partition coefficient (Wildman–Crippen LogP) is 2.12. The highest BCUT2D eigenvalue weighted by Gasteiger charge is 2.14. The normalized spacial score (nSPS) is 11.7.